The minimum absolute atomic E-state index is 0.0908. The number of pyridine rings is 1. The van der Waals surface area contributed by atoms with Gasteiger partial charge in [0.05, 0.1) is 6.20 Å². The number of nitrogens with zero attached hydrogens (tertiary/aromatic N) is 3. The van der Waals surface area contributed by atoms with Crippen LogP contribution < -0.4 is 0 Å². The standard InChI is InChI=1S/C13H14BrN3O/c14-12-8-15-5-4-11(12)10-7-16-17(9-10)13-3-1-2-6-18-13/h4-5,7-9,13H,1-3,6H2. The van der Waals surface area contributed by atoms with E-state index in [1.54, 1.807) is 12.4 Å². The smallest absolute Gasteiger partial charge is 0.150 e. The highest BCUT2D eigenvalue weighted by atomic mass is 79.9. The molecule has 0 saturated carbocycles. The number of hydrogen-bond donors (Lipinski definition) is 0. The zero-order valence-corrected chi connectivity index (χ0v) is 11.5. The van der Waals surface area contributed by atoms with Gasteiger partial charge in [0, 0.05) is 40.8 Å². The van der Waals surface area contributed by atoms with Crippen molar-refractivity contribution in [3.05, 3.63) is 35.3 Å². The third-order valence-corrected chi connectivity index (χ3v) is 3.77. The molecule has 0 radical (unpaired) electrons. The molecule has 5 heteroatoms. The van der Waals surface area contributed by atoms with Crippen molar-refractivity contribution in [2.45, 2.75) is 25.5 Å². The molecular formula is C13H14BrN3O. The van der Waals surface area contributed by atoms with Crippen molar-refractivity contribution in [1.29, 1.82) is 0 Å². The molecule has 4 nitrogen and oxygen atoms in total. The molecular weight excluding hydrogens is 294 g/mol. The largest absolute Gasteiger partial charge is 0.357 e. The van der Waals surface area contributed by atoms with Crippen LogP contribution in [0.2, 0.25) is 0 Å². The van der Waals surface area contributed by atoms with E-state index in [-0.39, 0.29) is 6.23 Å². The van der Waals surface area contributed by atoms with Gasteiger partial charge >= 0.3 is 0 Å². The molecule has 1 atom stereocenters. The van der Waals surface area contributed by atoms with Gasteiger partial charge in [-0.05, 0) is 41.3 Å². The molecule has 2 aromatic rings. The molecule has 1 aliphatic heterocycles. The van der Waals surface area contributed by atoms with Crippen molar-refractivity contribution in [3.63, 3.8) is 0 Å². The van der Waals surface area contributed by atoms with Crippen LogP contribution in [0.4, 0.5) is 0 Å². The quantitative estimate of drug-likeness (QED) is 0.853. The summed E-state index contributed by atoms with van der Waals surface area (Å²) in [6, 6.07) is 1.98. The molecule has 1 unspecified atom stereocenters. The van der Waals surface area contributed by atoms with Crippen LogP contribution in [0.25, 0.3) is 11.1 Å². The monoisotopic (exact) mass is 307 g/mol. The first-order valence-corrected chi connectivity index (χ1v) is 6.89. The summed E-state index contributed by atoms with van der Waals surface area (Å²) in [5.74, 6) is 0. The Hall–Kier alpha value is -1.20. The lowest BCUT2D eigenvalue weighted by Crippen LogP contribution is -2.18. The van der Waals surface area contributed by atoms with Gasteiger partial charge in [-0.15, -0.1) is 0 Å². The molecule has 3 rings (SSSR count). The number of aromatic nitrogens is 3. The fourth-order valence-corrected chi connectivity index (χ4v) is 2.66. The SMILES string of the molecule is Brc1cnccc1-c1cnn(C2CCCCO2)c1. The molecule has 0 spiro atoms. The number of hydrogen-bond acceptors (Lipinski definition) is 3. The van der Waals surface area contributed by atoms with Crippen molar-refractivity contribution >= 4 is 15.9 Å². The highest BCUT2D eigenvalue weighted by Crippen LogP contribution is 2.29. The molecule has 0 aromatic carbocycles. The second kappa shape index (κ2) is 5.20. The van der Waals surface area contributed by atoms with Gasteiger partial charge in [0.2, 0.25) is 0 Å². The van der Waals surface area contributed by atoms with Crippen molar-refractivity contribution in [1.82, 2.24) is 14.8 Å². The van der Waals surface area contributed by atoms with E-state index in [9.17, 15) is 0 Å². The van der Waals surface area contributed by atoms with Gasteiger partial charge in [0.25, 0.3) is 0 Å². The summed E-state index contributed by atoms with van der Waals surface area (Å²) in [7, 11) is 0. The molecule has 1 fully saturated rings. The zero-order chi connectivity index (χ0) is 12.4. The van der Waals surface area contributed by atoms with Gasteiger partial charge in [0.15, 0.2) is 0 Å². The van der Waals surface area contributed by atoms with Gasteiger partial charge in [-0.3, -0.25) is 4.98 Å². The predicted octanol–water partition coefficient (Wildman–Crippen LogP) is 3.41. The average Bonchev–Trinajstić information content (AvgIpc) is 2.90. The van der Waals surface area contributed by atoms with Gasteiger partial charge in [-0.1, -0.05) is 0 Å². The topological polar surface area (TPSA) is 39.9 Å². The molecule has 1 saturated heterocycles. The Bertz CT molecular complexity index is 535. The maximum atomic E-state index is 5.72. The van der Waals surface area contributed by atoms with E-state index in [1.807, 2.05) is 23.1 Å². The van der Waals surface area contributed by atoms with Crippen LogP contribution in [0, 0.1) is 0 Å². The first kappa shape index (κ1) is 11.9. The zero-order valence-electron chi connectivity index (χ0n) is 9.92. The normalized spacial score (nSPS) is 19.9. The third-order valence-electron chi connectivity index (χ3n) is 3.14. The maximum absolute atomic E-state index is 5.72. The van der Waals surface area contributed by atoms with E-state index in [0.717, 1.165) is 35.0 Å². The lowest BCUT2D eigenvalue weighted by Gasteiger charge is -2.22. The van der Waals surface area contributed by atoms with Gasteiger partial charge in [-0.25, -0.2) is 4.68 Å². The van der Waals surface area contributed by atoms with Gasteiger partial charge in [0.1, 0.15) is 6.23 Å². The van der Waals surface area contributed by atoms with E-state index < -0.39 is 0 Å². The molecule has 3 heterocycles. The Kier molecular flexibility index (Phi) is 3.43. The molecule has 94 valence electrons. The van der Waals surface area contributed by atoms with Gasteiger partial charge < -0.3 is 4.74 Å². The van der Waals surface area contributed by atoms with Crippen LogP contribution in [-0.2, 0) is 4.74 Å². The Balaban J connectivity index is 1.87. The maximum Gasteiger partial charge on any atom is 0.150 e. The Morgan fingerprint density at radius 1 is 1.33 bits per heavy atom. The van der Waals surface area contributed by atoms with Gasteiger partial charge in [-0.2, -0.15) is 5.10 Å². The summed E-state index contributed by atoms with van der Waals surface area (Å²) in [5, 5.41) is 4.41. The van der Waals surface area contributed by atoms with E-state index >= 15 is 0 Å². The second-order valence-electron chi connectivity index (χ2n) is 4.39. The summed E-state index contributed by atoms with van der Waals surface area (Å²) in [6.07, 6.45) is 11.0. The lowest BCUT2D eigenvalue weighted by atomic mass is 10.1. The molecule has 1 aliphatic rings. The summed E-state index contributed by atoms with van der Waals surface area (Å²) in [4.78, 5) is 4.07. The van der Waals surface area contributed by atoms with Crippen molar-refractivity contribution in [3.8, 4) is 11.1 Å². The number of halogens is 1. The first-order chi connectivity index (χ1) is 8.84. The van der Waals surface area contributed by atoms with Crippen LogP contribution in [-0.4, -0.2) is 21.4 Å². The van der Waals surface area contributed by atoms with Crippen LogP contribution in [0.1, 0.15) is 25.5 Å². The summed E-state index contributed by atoms with van der Waals surface area (Å²) in [5.41, 5.74) is 2.19. The fraction of sp³-hybridized carbons (Fsp3) is 0.385. The summed E-state index contributed by atoms with van der Waals surface area (Å²) in [6.45, 7) is 0.832. The number of rotatable bonds is 2. The third kappa shape index (κ3) is 2.33. The predicted molar refractivity (Wildman–Crippen MR) is 72.0 cm³/mol. The second-order valence-corrected chi connectivity index (χ2v) is 5.24. The van der Waals surface area contributed by atoms with E-state index in [0.29, 0.717) is 0 Å². The van der Waals surface area contributed by atoms with Crippen LogP contribution in [0.3, 0.4) is 0 Å². The number of ether oxygens (including phenoxy) is 1. The molecule has 0 bridgehead atoms. The molecule has 2 aromatic heterocycles. The molecule has 0 amide bonds. The van der Waals surface area contributed by atoms with Crippen molar-refractivity contribution in [2.75, 3.05) is 6.61 Å². The minimum atomic E-state index is 0.0908. The van der Waals surface area contributed by atoms with Crippen LogP contribution >= 0.6 is 15.9 Å². The van der Waals surface area contributed by atoms with Crippen LogP contribution in [0.5, 0.6) is 0 Å². The molecule has 18 heavy (non-hydrogen) atoms. The van der Waals surface area contributed by atoms with E-state index in [2.05, 4.69) is 26.0 Å². The highest BCUT2D eigenvalue weighted by Gasteiger charge is 2.17. The molecule has 0 N–H and O–H groups in total. The summed E-state index contributed by atoms with van der Waals surface area (Å²) >= 11 is 3.51. The Labute approximate surface area is 114 Å². The Morgan fingerprint density at radius 2 is 2.28 bits per heavy atom. The van der Waals surface area contributed by atoms with E-state index in [4.69, 9.17) is 4.74 Å². The van der Waals surface area contributed by atoms with Crippen LogP contribution in [0.15, 0.2) is 35.3 Å². The van der Waals surface area contributed by atoms with Crippen molar-refractivity contribution < 1.29 is 4.74 Å². The minimum Gasteiger partial charge on any atom is -0.357 e. The first-order valence-electron chi connectivity index (χ1n) is 6.10. The van der Waals surface area contributed by atoms with E-state index in [1.165, 1.54) is 6.42 Å². The molecule has 0 aliphatic carbocycles. The average molecular weight is 308 g/mol. The lowest BCUT2D eigenvalue weighted by molar-refractivity contribution is -0.0394. The van der Waals surface area contributed by atoms with Crippen molar-refractivity contribution in [2.24, 2.45) is 0 Å². The summed E-state index contributed by atoms with van der Waals surface area (Å²) < 4.78 is 8.62. The fourth-order valence-electron chi connectivity index (χ4n) is 2.18. The highest BCUT2D eigenvalue weighted by molar-refractivity contribution is 9.10. The Morgan fingerprint density at radius 3 is 3.06 bits per heavy atom.